The first-order chi connectivity index (χ1) is 9.45. The molecule has 0 saturated heterocycles. The van der Waals surface area contributed by atoms with Gasteiger partial charge in [-0.2, -0.15) is 4.72 Å². The largest absolute Gasteiger partial charge is 0.363 e. The van der Waals surface area contributed by atoms with Crippen molar-refractivity contribution in [3.05, 3.63) is 16.9 Å². The minimum absolute atomic E-state index is 0.539. The summed E-state index contributed by atoms with van der Waals surface area (Å²) in [6.07, 6.45) is -1.21. The molecule has 4 N–H and O–H groups in total. The second kappa shape index (κ2) is 5.37. The molecule has 7 nitrogen and oxygen atoms in total. The molecule has 1 unspecified atom stereocenters. The van der Waals surface area contributed by atoms with Gasteiger partial charge < -0.3 is 5.32 Å². The molecule has 0 spiro atoms. The summed E-state index contributed by atoms with van der Waals surface area (Å²) < 4.78 is 62.9. The minimum atomic E-state index is -4.41. The normalized spacial score (nSPS) is 21.0. The molecular formula is C8H7Cl3FN3O4S2. The number of rotatable bonds is 2. The van der Waals surface area contributed by atoms with E-state index in [-0.39, 0.29) is 0 Å². The van der Waals surface area contributed by atoms with Crippen molar-refractivity contribution in [1.82, 2.24) is 4.72 Å². The molecule has 0 bridgehead atoms. The third-order valence-corrected chi connectivity index (χ3v) is 5.95. The number of fused-ring (bicyclic) bond motifs is 1. The Morgan fingerprint density at radius 2 is 1.95 bits per heavy atom. The Morgan fingerprint density at radius 1 is 1.38 bits per heavy atom. The van der Waals surface area contributed by atoms with E-state index in [1.165, 1.54) is 0 Å². The lowest BCUT2D eigenvalue weighted by atomic mass is 10.3. The fourth-order valence-electron chi connectivity index (χ4n) is 1.66. The maximum Gasteiger partial charge on any atom is 0.244 e. The van der Waals surface area contributed by atoms with Crippen LogP contribution < -0.4 is 15.2 Å². The van der Waals surface area contributed by atoms with Crippen molar-refractivity contribution in [3.8, 4) is 0 Å². The van der Waals surface area contributed by atoms with Crippen LogP contribution in [0.3, 0.4) is 0 Å². The van der Waals surface area contributed by atoms with Crippen LogP contribution in [-0.2, 0) is 20.0 Å². The third kappa shape index (κ3) is 3.07. The Labute approximate surface area is 134 Å². The van der Waals surface area contributed by atoms with E-state index >= 15 is 0 Å². The van der Waals surface area contributed by atoms with Gasteiger partial charge in [0.1, 0.15) is 20.8 Å². The van der Waals surface area contributed by atoms with Crippen molar-refractivity contribution in [3.63, 3.8) is 0 Å². The number of benzene rings is 1. The number of anilines is 1. The summed E-state index contributed by atoms with van der Waals surface area (Å²) in [5.74, 6) is -1.29. The van der Waals surface area contributed by atoms with Crippen LogP contribution in [0.2, 0.25) is 5.02 Å². The van der Waals surface area contributed by atoms with Crippen molar-refractivity contribution in [2.45, 2.75) is 20.8 Å². The number of primary sulfonamides is 1. The lowest BCUT2D eigenvalue weighted by molar-refractivity contribution is 0.552. The van der Waals surface area contributed by atoms with Gasteiger partial charge in [-0.25, -0.2) is 26.4 Å². The van der Waals surface area contributed by atoms with Gasteiger partial charge in [-0.3, -0.25) is 0 Å². The Bertz CT molecular complexity index is 813. The van der Waals surface area contributed by atoms with E-state index in [0.717, 1.165) is 0 Å². The Hall–Kier alpha value is -0.360. The predicted octanol–water partition coefficient (Wildman–Crippen LogP) is 0.960. The summed E-state index contributed by atoms with van der Waals surface area (Å²) in [5.41, 5.74) is -0.539. The van der Waals surface area contributed by atoms with Crippen LogP contribution in [0.25, 0.3) is 0 Å². The van der Waals surface area contributed by atoms with Gasteiger partial charge in [-0.05, 0) is 6.07 Å². The van der Waals surface area contributed by atoms with Gasteiger partial charge in [-0.1, -0.05) is 11.6 Å². The quantitative estimate of drug-likeness (QED) is 0.641. The fourth-order valence-corrected chi connectivity index (χ4v) is 4.58. The second-order valence-corrected chi connectivity index (χ2v) is 8.75. The highest BCUT2D eigenvalue weighted by Crippen LogP contribution is 2.37. The van der Waals surface area contributed by atoms with Crippen LogP contribution in [0, 0.1) is 5.82 Å². The van der Waals surface area contributed by atoms with Crippen LogP contribution in [0.4, 0.5) is 10.1 Å². The van der Waals surface area contributed by atoms with Gasteiger partial charge in [0.15, 0.2) is 5.82 Å². The summed E-state index contributed by atoms with van der Waals surface area (Å²) in [7, 11) is -8.67. The summed E-state index contributed by atoms with van der Waals surface area (Å²) in [6, 6.07) is 0.652. The van der Waals surface area contributed by atoms with E-state index in [9.17, 15) is 21.2 Å². The number of hydrogen-bond acceptors (Lipinski definition) is 5. The van der Waals surface area contributed by atoms with E-state index in [2.05, 4.69) is 5.32 Å². The molecule has 1 aliphatic rings. The van der Waals surface area contributed by atoms with Crippen molar-refractivity contribution in [2.24, 2.45) is 5.14 Å². The summed E-state index contributed by atoms with van der Waals surface area (Å²) in [4.78, 5) is -2.75. The average Bonchev–Trinajstić information content (AvgIpc) is 2.31. The molecule has 0 radical (unpaired) electrons. The topological polar surface area (TPSA) is 118 Å². The van der Waals surface area contributed by atoms with Gasteiger partial charge in [0, 0.05) is 0 Å². The molecule has 0 aliphatic carbocycles. The zero-order chi connectivity index (χ0) is 16.2. The zero-order valence-corrected chi connectivity index (χ0v) is 13.7. The maximum absolute atomic E-state index is 14.2. The van der Waals surface area contributed by atoms with Crippen LogP contribution >= 0.6 is 34.8 Å². The molecule has 0 fully saturated rings. The van der Waals surface area contributed by atoms with Gasteiger partial charge in [0.2, 0.25) is 20.0 Å². The smallest absolute Gasteiger partial charge is 0.244 e. The maximum atomic E-state index is 14.2. The molecular weight excluding hydrogens is 392 g/mol. The molecule has 0 aromatic heterocycles. The lowest BCUT2D eigenvalue weighted by Crippen LogP contribution is -2.48. The second-order valence-electron chi connectivity index (χ2n) is 4.00. The van der Waals surface area contributed by atoms with Gasteiger partial charge >= 0.3 is 0 Å². The Morgan fingerprint density at radius 3 is 2.43 bits per heavy atom. The average molecular weight is 399 g/mol. The number of halogens is 4. The van der Waals surface area contributed by atoms with Crippen molar-refractivity contribution in [2.75, 3.05) is 5.32 Å². The molecule has 0 amide bonds. The highest BCUT2D eigenvalue weighted by Gasteiger charge is 2.37. The fraction of sp³-hybridized carbons (Fsp3) is 0.250. The summed E-state index contributed by atoms with van der Waals surface area (Å²) in [5, 5.41) is 6.42. The SMILES string of the molecule is NS(=O)(=O)c1cc2c(c(F)c1Cl)NC(C(Cl)Cl)NS2(=O)=O. The van der Waals surface area contributed by atoms with Gasteiger partial charge in [-0.15, -0.1) is 23.2 Å². The lowest BCUT2D eigenvalue weighted by Gasteiger charge is -2.29. The van der Waals surface area contributed by atoms with Crippen LogP contribution in [0.15, 0.2) is 15.9 Å². The number of nitrogens with one attached hydrogen (secondary N) is 2. The van der Waals surface area contributed by atoms with Crippen LogP contribution in [-0.4, -0.2) is 27.8 Å². The monoisotopic (exact) mass is 397 g/mol. The molecule has 1 aromatic carbocycles. The first-order valence-electron chi connectivity index (χ1n) is 5.07. The third-order valence-electron chi connectivity index (χ3n) is 2.57. The van der Waals surface area contributed by atoms with E-state index in [1.807, 2.05) is 4.72 Å². The van der Waals surface area contributed by atoms with Gasteiger partial charge in [0.25, 0.3) is 0 Å². The van der Waals surface area contributed by atoms with Crippen LogP contribution in [0.5, 0.6) is 0 Å². The minimum Gasteiger partial charge on any atom is -0.363 e. The summed E-state index contributed by atoms with van der Waals surface area (Å²) in [6.45, 7) is 0. The number of sulfonamides is 2. The number of alkyl halides is 2. The van der Waals surface area contributed by atoms with E-state index < -0.39 is 57.4 Å². The first-order valence-corrected chi connectivity index (χ1v) is 9.35. The van der Waals surface area contributed by atoms with Crippen molar-refractivity contribution in [1.29, 1.82) is 0 Å². The molecule has 2 rings (SSSR count). The highest BCUT2D eigenvalue weighted by molar-refractivity contribution is 7.90. The molecule has 1 atom stereocenters. The van der Waals surface area contributed by atoms with E-state index in [0.29, 0.717) is 6.07 Å². The predicted molar refractivity (Wildman–Crippen MR) is 76.0 cm³/mol. The van der Waals surface area contributed by atoms with Crippen LogP contribution in [0.1, 0.15) is 0 Å². The van der Waals surface area contributed by atoms with Gasteiger partial charge in [0.05, 0.1) is 10.7 Å². The van der Waals surface area contributed by atoms with Crippen molar-refractivity contribution < 1.29 is 21.2 Å². The molecule has 1 aliphatic heterocycles. The van der Waals surface area contributed by atoms with E-state index in [4.69, 9.17) is 39.9 Å². The number of hydrogen-bond donors (Lipinski definition) is 3. The van der Waals surface area contributed by atoms with E-state index in [1.54, 1.807) is 0 Å². The first kappa shape index (κ1) is 17.0. The number of nitrogens with two attached hydrogens (primary N) is 1. The molecule has 21 heavy (non-hydrogen) atoms. The Kier molecular flexibility index (Phi) is 4.35. The zero-order valence-electron chi connectivity index (χ0n) is 9.77. The molecule has 1 aromatic rings. The van der Waals surface area contributed by atoms with Crippen molar-refractivity contribution >= 4 is 60.5 Å². The standard InChI is InChI=1S/C8H7Cl3FN3O4S2/c9-4-2(20(13,16)17)1-3-6(5(4)12)14-8(7(10)11)15-21(3,18)19/h1,7-8,14-15H,(H2,13,16,17). The highest BCUT2D eigenvalue weighted by atomic mass is 35.5. The molecule has 118 valence electrons. The molecule has 1 heterocycles. The Balaban J connectivity index is 2.79. The molecule has 0 saturated carbocycles. The molecule has 13 heteroatoms. The summed E-state index contributed by atoms with van der Waals surface area (Å²) >= 11 is 16.7.